The fraction of sp³-hybridized carbons (Fsp3) is 0.625. The Morgan fingerprint density at radius 3 is 2.33 bits per heavy atom. The SMILES string of the molecule is Cc1cc(C(N)C2CCCCCCC2)ccc1F. The Morgan fingerprint density at radius 2 is 1.72 bits per heavy atom. The second-order valence-electron chi connectivity index (χ2n) is 5.64. The molecule has 1 aliphatic carbocycles. The normalized spacial score (nSPS) is 20.2. The van der Waals surface area contributed by atoms with Crippen molar-refractivity contribution in [1.82, 2.24) is 0 Å². The molecule has 2 rings (SSSR count). The lowest BCUT2D eigenvalue weighted by Gasteiger charge is -2.26. The lowest BCUT2D eigenvalue weighted by molar-refractivity contribution is 0.327. The van der Waals surface area contributed by atoms with Gasteiger partial charge in [0, 0.05) is 6.04 Å². The van der Waals surface area contributed by atoms with Crippen LogP contribution in [-0.2, 0) is 0 Å². The first-order valence-corrected chi connectivity index (χ1v) is 7.20. The topological polar surface area (TPSA) is 26.0 Å². The van der Waals surface area contributed by atoms with Gasteiger partial charge in [0.05, 0.1) is 0 Å². The van der Waals surface area contributed by atoms with E-state index in [9.17, 15) is 4.39 Å². The minimum atomic E-state index is -0.136. The van der Waals surface area contributed by atoms with Crippen LogP contribution in [0.5, 0.6) is 0 Å². The molecule has 0 saturated heterocycles. The van der Waals surface area contributed by atoms with Gasteiger partial charge in [-0.15, -0.1) is 0 Å². The van der Waals surface area contributed by atoms with Crippen LogP contribution in [0.1, 0.15) is 62.1 Å². The van der Waals surface area contributed by atoms with E-state index in [4.69, 9.17) is 5.73 Å². The van der Waals surface area contributed by atoms with Gasteiger partial charge < -0.3 is 5.73 Å². The van der Waals surface area contributed by atoms with Crippen molar-refractivity contribution >= 4 is 0 Å². The Bertz CT molecular complexity index is 381. The highest BCUT2D eigenvalue weighted by Crippen LogP contribution is 2.31. The van der Waals surface area contributed by atoms with Crippen LogP contribution in [0.25, 0.3) is 0 Å². The second-order valence-corrected chi connectivity index (χ2v) is 5.64. The predicted molar refractivity (Wildman–Crippen MR) is 73.9 cm³/mol. The van der Waals surface area contributed by atoms with Crippen molar-refractivity contribution in [2.45, 2.75) is 57.9 Å². The molecule has 1 aromatic carbocycles. The van der Waals surface area contributed by atoms with Crippen LogP contribution in [0.2, 0.25) is 0 Å². The summed E-state index contributed by atoms with van der Waals surface area (Å²) in [6.07, 6.45) is 9.07. The molecule has 0 radical (unpaired) electrons. The number of halogens is 1. The lowest BCUT2D eigenvalue weighted by atomic mass is 9.83. The summed E-state index contributed by atoms with van der Waals surface area (Å²) in [5.74, 6) is 0.429. The molecule has 1 atom stereocenters. The zero-order valence-electron chi connectivity index (χ0n) is 11.3. The summed E-state index contributed by atoms with van der Waals surface area (Å²) < 4.78 is 13.3. The summed E-state index contributed by atoms with van der Waals surface area (Å²) >= 11 is 0. The molecule has 1 fully saturated rings. The molecule has 0 amide bonds. The van der Waals surface area contributed by atoms with Gasteiger partial charge in [-0.2, -0.15) is 0 Å². The van der Waals surface area contributed by atoms with Crippen LogP contribution >= 0.6 is 0 Å². The number of benzene rings is 1. The molecule has 0 aromatic heterocycles. The fourth-order valence-corrected chi connectivity index (χ4v) is 2.99. The van der Waals surface area contributed by atoms with Gasteiger partial charge in [-0.25, -0.2) is 4.39 Å². The number of rotatable bonds is 2. The van der Waals surface area contributed by atoms with E-state index in [-0.39, 0.29) is 11.9 Å². The van der Waals surface area contributed by atoms with Crippen molar-refractivity contribution < 1.29 is 4.39 Å². The first-order valence-electron chi connectivity index (χ1n) is 7.20. The molecule has 0 bridgehead atoms. The summed E-state index contributed by atoms with van der Waals surface area (Å²) in [6.45, 7) is 1.81. The van der Waals surface area contributed by atoms with E-state index in [1.54, 1.807) is 6.07 Å². The third-order valence-corrected chi connectivity index (χ3v) is 4.22. The maximum absolute atomic E-state index is 13.3. The monoisotopic (exact) mass is 249 g/mol. The minimum Gasteiger partial charge on any atom is -0.324 e. The quantitative estimate of drug-likeness (QED) is 0.820. The van der Waals surface area contributed by atoms with Gasteiger partial charge in [0.25, 0.3) is 0 Å². The second kappa shape index (κ2) is 6.33. The van der Waals surface area contributed by atoms with Gasteiger partial charge in [-0.1, -0.05) is 44.2 Å². The molecular weight excluding hydrogens is 225 g/mol. The molecule has 1 saturated carbocycles. The van der Waals surface area contributed by atoms with Crippen LogP contribution in [0, 0.1) is 18.7 Å². The number of hydrogen-bond acceptors (Lipinski definition) is 1. The third-order valence-electron chi connectivity index (χ3n) is 4.22. The average molecular weight is 249 g/mol. The molecular formula is C16H24FN. The molecule has 18 heavy (non-hydrogen) atoms. The Labute approximate surface area is 110 Å². The standard InChI is InChI=1S/C16H24FN/c1-12-11-14(9-10-15(12)17)16(18)13-7-5-3-2-4-6-8-13/h9-11,13,16H,2-8,18H2,1H3. The van der Waals surface area contributed by atoms with Crippen LogP contribution in [-0.4, -0.2) is 0 Å². The highest BCUT2D eigenvalue weighted by molar-refractivity contribution is 5.26. The van der Waals surface area contributed by atoms with Crippen molar-refractivity contribution in [2.24, 2.45) is 11.7 Å². The Kier molecular flexibility index (Phi) is 4.76. The van der Waals surface area contributed by atoms with E-state index in [2.05, 4.69) is 0 Å². The molecule has 100 valence electrons. The minimum absolute atomic E-state index is 0.0717. The number of aryl methyl sites for hydroxylation is 1. The summed E-state index contributed by atoms with van der Waals surface area (Å²) in [7, 11) is 0. The summed E-state index contributed by atoms with van der Waals surface area (Å²) in [6, 6.07) is 5.39. The maximum Gasteiger partial charge on any atom is 0.126 e. The molecule has 2 heteroatoms. The highest BCUT2D eigenvalue weighted by atomic mass is 19.1. The van der Waals surface area contributed by atoms with Crippen molar-refractivity contribution in [1.29, 1.82) is 0 Å². The van der Waals surface area contributed by atoms with Crippen molar-refractivity contribution in [3.63, 3.8) is 0 Å². The van der Waals surface area contributed by atoms with Gasteiger partial charge in [0.15, 0.2) is 0 Å². The molecule has 1 nitrogen and oxygen atoms in total. The Balaban J connectivity index is 2.08. The first-order chi connectivity index (χ1) is 8.68. The highest BCUT2D eigenvalue weighted by Gasteiger charge is 2.20. The van der Waals surface area contributed by atoms with Crippen LogP contribution in [0.4, 0.5) is 4.39 Å². The van der Waals surface area contributed by atoms with E-state index in [1.807, 2.05) is 19.1 Å². The van der Waals surface area contributed by atoms with E-state index < -0.39 is 0 Å². The van der Waals surface area contributed by atoms with Crippen LogP contribution < -0.4 is 5.73 Å². The molecule has 0 heterocycles. The first kappa shape index (κ1) is 13.5. The Morgan fingerprint density at radius 1 is 1.11 bits per heavy atom. The van der Waals surface area contributed by atoms with Gasteiger partial charge in [0.2, 0.25) is 0 Å². The zero-order valence-corrected chi connectivity index (χ0v) is 11.3. The fourth-order valence-electron chi connectivity index (χ4n) is 2.99. The van der Waals surface area contributed by atoms with E-state index in [0.29, 0.717) is 11.5 Å². The molecule has 0 spiro atoms. The largest absolute Gasteiger partial charge is 0.324 e. The van der Waals surface area contributed by atoms with Crippen LogP contribution in [0.15, 0.2) is 18.2 Å². The van der Waals surface area contributed by atoms with Gasteiger partial charge >= 0.3 is 0 Å². The zero-order chi connectivity index (χ0) is 13.0. The molecule has 0 aliphatic heterocycles. The van der Waals surface area contributed by atoms with Gasteiger partial charge in [-0.3, -0.25) is 0 Å². The maximum atomic E-state index is 13.3. The summed E-state index contributed by atoms with van der Waals surface area (Å²) in [5, 5.41) is 0. The van der Waals surface area contributed by atoms with Gasteiger partial charge in [-0.05, 0) is 42.9 Å². The Hall–Kier alpha value is -0.890. The number of nitrogens with two attached hydrogens (primary N) is 1. The molecule has 2 N–H and O–H groups in total. The van der Waals surface area contributed by atoms with Crippen LogP contribution in [0.3, 0.4) is 0 Å². The van der Waals surface area contributed by atoms with Crippen molar-refractivity contribution in [3.05, 3.63) is 35.1 Å². The third kappa shape index (κ3) is 3.32. The summed E-state index contributed by atoms with van der Waals surface area (Å²) in [5.41, 5.74) is 8.19. The molecule has 1 aliphatic rings. The molecule has 1 aromatic rings. The van der Waals surface area contributed by atoms with Crippen molar-refractivity contribution in [2.75, 3.05) is 0 Å². The number of hydrogen-bond donors (Lipinski definition) is 1. The van der Waals surface area contributed by atoms with E-state index in [0.717, 1.165) is 5.56 Å². The summed E-state index contributed by atoms with van der Waals surface area (Å²) in [4.78, 5) is 0. The van der Waals surface area contributed by atoms with E-state index >= 15 is 0 Å². The van der Waals surface area contributed by atoms with Crippen molar-refractivity contribution in [3.8, 4) is 0 Å². The smallest absolute Gasteiger partial charge is 0.126 e. The van der Waals surface area contributed by atoms with Gasteiger partial charge in [0.1, 0.15) is 5.82 Å². The lowest BCUT2D eigenvalue weighted by Crippen LogP contribution is -2.22. The predicted octanol–water partition coefficient (Wildman–Crippen LogP) is 4.49. The average Bonchev–Trinajstić information content (AvgIpc) is 2.31. The molecule has 1 unspecified atom stereocenters. The van der Waals surface area contributed by atoms with E-state index in [1.165, 1.54) is 44.9 Å².